The van der Waals surface area contributed by atoms with Crippen LogP contribution >= 0.6 is 0 Å². The topological polar surface area (TPSA) is 129 Å². The van der Waals surface area contributed by atoms with Gasteiger partial charge in [0.1, 0.15) is 0 Å². The number of aliphatic hydroxyl groups excluding tert-OH is 1. The summed E-state index contributed by atoms with van der Waals surface area (Å²) in [6, 6.07) is 26.5. The fourth-order valence-corrected chi connectivity index (χ4v) is 7.03. The number of piperazine rings is 1. The molecule has 4 unspecified atom stereocenters. The van der Waals surface area contributed by atoms with E-state index in [-0.39, 0.29) is 36.5 Å². The molecule has 280 valence electrons. The lowest BCUT2D eigenvalue weighted by atomic mass is 9.89. The van der Waals surface area contributed by atoms with Crippen molar-refractivity contribution in [2.75, 3.05) is 44.2 Å². The second kappa shape index (κ2) is 18.9. The van der Waals surface area contributed by atoms with Gasteiger partial charge in [-0.3, -0.25) is 14.5 Å². The van der Waals surface area contributed by atoms with Crippen molar-refractivity contribution >= 4 is 17.8 Å². The Balaban J connectivity index is 1.12. The van der Waals surface area contributed by atoms with Crippen LogP contribution in [-0.4, -0.2) is 77.2 Å². The smallest absolute Gasteiger partial charge is 0.225 e. The Labute approximate surface area is 312 Å². The molecule has 2 amide bonds. The van der Waals surface area contributed by atoms with Gasteiger partial charge in [0.05, 0.1) is 18.8 Å². The second-order valence-corrected chi connectivity index (χ2v) is 14.1. The van der Waals surface area contributed by atoms with E-state index in [1.54, 1.807) is 12.4 Å². The molecule has 0 radical (unpaired) electrons. The van der Waals surface area contributed by atoms with Crippen LogP contribution < -0.4 is 15.5 Å². The van der Waals surface area contributed by atoms with Gasteiger partial charge in [-0.15, -0.1) is 0 Å². The first-order valence-corrected chi connectivity index (χ1v) is 18.8. The number of ether oxygens (including phenoxy) is 2. The quantitative estimate of drug-likeness (QED) is 0.135. The Bertz CT molecular complexity index is 1770. The molecule has 2 aliphatic rings. The molecule has 53 heavy (non-hydrogen) atoms. The van der Waals surface area contributed by atoms with Crippen molar-refractivity contribution in [2.24, 2.45) is 5.92 Å². The molecular formula is C42H52N6O5. The summed E-state index contributed by atoms with van der Waals surface area (Å²) in [5.74, 6) is 0.857. The summed E-state index contributed by atoms with van der Waals surface area (Å²) in [5, 5.41) is 15.5. The zero-order valence-corrected chi connectivity index (χ0v) is 30.8. The molecule has 11 nitrogen and oxygen atoms in total. The van der Waals surface area contributed by atoms with Gasteiger partial charge in [-0.05, 0) is 58.9 Å². The highest BCUT2D eigenvalue weighted by Crippen LogP contribution is 2.42. The normalized spacial score (nSPS) is 20.5. The van der Waals surface area contributed by atoms with E-state index >= 15 is 0 Å². The number of aromatic nitrogens is 2. The highest BCUT2D eigenvalue weighted by Gasteiger charge is 2.39. The van der Waals surface area contributed by atoms with E-state index in [1.807, 2.05) is 36.4 Å². The van der Waals surface area contributed by atoms with Gasteiger partial charge in [0, 0.05) is 83.0 Å². The molecule has 4 aromatic rings. The SMILES string of the molecule is CC(=O)NCCCCCC(=O)NCc1cccc(-c2cccc(C3OC(CN4CCN(c5ncccn5)CC4)C(C)C(c4ccc(CO)cc4)O3)c2)c1. The van der Waals surface area contributed by atoms with Crippen LogP contribution in [0.1, 0.15) is 74.2 Å². The molecule has 2 saturated heterocycles. The summed E-state index contributed by atoms with van der Waals surface area (Å²) in [6.07, 6.45) is 5.74. The second-order valence-electron chi connectivity index (χ2n) is 14.1. The number of hydrogen-bond donors (Lipinski definition) is 3. The van der Waals surface area contributed by atoms with Crippen molar-refractivity contribution in [1.29, 1.82) is 0 Å². The monoisotopic (exact) mass is 720 g/mol. The summed E-state index contributed by atoms with van der Waals surface area (Å²) in [7, 11) is 0. The van der Waals surface area contributed by atoms with Crippen LogP contribution in [0.4, 0.5) is 5.95 Å². The van der Waals surface area contributed by atoms with Crippen LogP contribution in [0.15, 0.2) is 91.3 Å². The highest BCUT2D eigenvalue weighted by atomic mass is 16.7. The van der Waals surface area contributed by atoms with Gasteiger partial charge < -0.3 is 30.1 Å². The van der Waals surface area contributed by atoms with Crippen molar-refractivity contribution in [1.82, 2.24) is 25.5 Å². The largest absolute Gasteiger partial charge is 0.392 e. The third kappa shape index (κ3) is 10.7. The number of anilines is 1. The third-order valence-electron chi connectivity index (χ3n) is 10.1. The number of nitrogens with one attached hydrogen (secondary N) is 2. The maximum atomic E-state index is 12.5. The summed E-state index contributed by atoms with van der Waals surface area (Å²) >= 11 is 0. The molecule has 3 N–H and O–H groups in total. The lowest BCUT2D eigenvalue weighted by Crippen LogP contribution is -2.51. The van der Waals surface area contributed by atoms with Crippen LogP contribution in [-0.2, 0) is 32.2 Å². The first-order valence-electron chi connectivity index (χ1n) is 18.8. The van der Waals surface area contributed by atoms with E-state index in [9.17, 15) is 14.7 Å². The Morgan fingerprint density at radius 2 is 1.55 bits per heavy atom. The summed E-state index contributed by atoms with van der Waals surface area (Å²) in [6.45, 7) is 9.07. The number of benzene rings is 3. The van der Waals surface area contributed by atoms with Crippen LogP contribution in [0.3, 0.4) is 0 Å². The molecule has 2 aliphatic heterocycles. The van der Waals surface area contributed by atoms with E-state index < -0.39 is 6.29 Å². The van der Waals surface area contributed by atoms with Gasteiger partial charge in [-0.1, -0.05) is 74.0 Å². The van der Waals surface area contributed by atoms with Gasteiger partial charge >= 0.3 is 0 Å². The van der Waals surface area contributed by atoms with Gasteiger partial charge in [-0.2, -0.15) is 0 Å². The average Bonchev–Trinajstić information content (AvgIpc) is 3.20. The van der Waals surface area contributed by atoms with E-state index in [2.05, 4.69) is 79.8 Å². The fraction of sp³-hybridized carbons (Fsp3) is 0.429. The van der Waals surface area contributed by atoms with E-state index in [0.717, 1.165) is 91.3 Å². The molecule has 0 saturated carbocycles. The molecule has 0 spiro atoms. The number of amides is 2. The first-order chi connectivity index (χ1) is 25.9. The van der Waals surface area contributed by atoms with Crippen LogP contribution in [0.2, 0.25) is 0 Å². The molecular weight excluding hydrogens is 668 g/mol. The van der Waals surface area contributed by atoms with Gasteiger partial charge in [0.15, 0.2) is 6.29 Å². The Hall–Kier alpha value is -4.68. The number of hydrogen-bond acceptors (Lipinski definition) is 9. The lowest BCUT2D eigenvalue weighted by Gasteiger charge is -2.44. The number of nitrogens with zero attached hydrogens (tertiary/aromatic N) is 4. The molecule has 3 aromatic carbocycles. The Morgan fingerprint density at radius 1 is 0.811 bits per heavy atom. The standard InChI is InChI=1S/C42H52N6O5/c1-30-38(28-47-21-23-48(24-22-47)42-44-19-8-20-45-42)52-41(53-40(30)34-16-14-32(29-49)15-17-34)37-12-7-11-36(26-37)35-10-6-9-33(25-35)27-46-39(51)13-4-3-5-18-43-31(2)50/h6-12,14-17,19-20,25-26,30,38,40-41,49H,3-5,13,18,21-24,27-29H2,1-2H3,(H,43,50)(H,46,51). The summed E-state index contributed by atoms with van der Waals surface area (Å²) in [5.41, 5.74) is 5.99. The lowest BCUT2D eigenvalue weighted by molar-refractivity contribution is -0.276. The molecule has 3 heterocycles. The van der Waals surface area contributed by atoms with Crippen molar-refractivity contribution in [3.05, 3.63) is 114 Å². The highest BCUT2D eigenvalue weighted by molar-refractivity contribution is 5.76. The Morgan fingerprint density at radius 3 is 2.28 bits per heavy atom. The number of unbranched alkanes of at least 4 members (excludes halogenated alkanes) is 2. The number of carbonyl (C=O) groups excluding carboxylic acids is 2. The average molecular weight is 721 g/mol. The van der Waals surface area contributed by atoms with E-state index in [0.29, 0.717) is 19.5 Å². The van der Waals surface area contributed by atoms with Gasteiger partial charge in [0.25, 0.3) is 0 Å². The molecule has 2 fully saturated rings. The van der Waals surface area contributed by atoms with Crippen LogP contribution in [0.25, 0.3) is 11.1 Å². The molecule has 1 aromatic heterocycles. The molecule has 6 rings (SSSR count). The number of rotatable bonds is 15. The van der Waals surface area contributed by atoms with Crippen molar-refractivity contribution in [3.63, 3.8) is 0 Å². The van der Waals surface area contributed by atoms with Crippen LogP contribution in [0.5, 0.6) is 0 Å². The molecule has 0 aliphatic carbocycles. The zero-order valence-electron chi connectivity index (χ0n) is 30.8. The molecule has 0 bridgehead atoms. The zero-order chi connectivity index (χ0) is 37.0. The maximum absolute atomic E-state index is 12.5. The predicted octanol–water partition coefficient (Wildman–Crippen LogP) is 5.56. The molecule has 4 atom stereocenters. The van der Waals surface area contributed by atoms with E-state index in [1.165, 1.54) is 6.92 Å². The van der Waals surface area contributed by atoms with Gasteiger partial charge in [0.2, 0.25) is 17.8 Å². The summed E-state index contributed by atoms with van der Waals surface area (Å²) < 4.78 is 13.6. The fourth-order valence-electron chi connectivity index (χ4n) is 7.03. The number of carbonyl (C=O) groups is 2. The third-order valence-corrected chi connectivity index (χ3v) is 10.1. The van der Waals surface area contributed by atoms with Crippen LogP contribution in [0, 0.1) is 5.92 Å². The summed E-state index contributed by atoms with van der Waals surface area (Å²) in [4.78, 5) is 37.1. The maximum Gasteiger partial charge on any atom is 0.225 e. The predicted molar refractivity (Wildman–Crippen MR) is 205 cm³/mol. The Kier molecular flexibility index (Phi) is 13.6. The minimum Gasteiger partial charge on any atom is -0.392 e. The van der Waals surface area contributed by atoms with E-state index in [4.69, 9.17) is 9.47 Å². The van der Waals surface area contributed by atoms with Crippen molar-refractivity contribution < 1.29 is 24.2 Å². The van der Waals surface area contributed by atoms with Gasteiger partial charge in [-0.25, -0.2) is 9.97 Å². The van der Waals surface area contributed by atoms with Crippen molar-refractivity contribution in [2.45, 2.75) is 71.2 Å². The minimum absolute atomic E-state index is 0.00178. The molecule has 11 heteroatoms. The number of aliphatic hydroxyl groups is 1. The minimum atomic E-state index is -0.571. The first kappa shape index (κ1) is 38.1. The van der Waals surface area contributed by atoms with Crippen molar-refractivity contribution in [3.8, 4) is 11.1 Å².